The molecule has 138 valence electrons. The van der Waals surface area contributed by atoms with Gasteiger partial charge in [-0.3, -0.25) is 0 Å². The second-order valence-electron chi connectivity index (χ2n) is 6.91. The number of hydrogen-bond donors (Lipinski definition) is 3. The second kappa shape index (κ2) is 12.2. The summed E-state index contributed by atoms with van der Waals surface area (Å²) in [6.45, 7) is 4.19. The van der Waals surface area contributed by atoms with E-state index in [9.17, 15) is 15.3 Å². The normalized spacial score (nSPS) is 13.8. The molecule has 0 aliphatic rings. The molecular weight excluding hydrogens is 300 g/mol. The molecule has 1 rings (SSSR count). The number of para-hydroxylation sites is 1. The summed E-state index contributed by atoms with van der Waals surface area (Å²) in [5.74, 6) is -0.287. The number of aliphatic hydroxyl groups is 1. The van der Waals surface area contributed by atoms with Crippen molar-refractivity contribution < 1.29 is 15.3 Å². The lowest BCUT2D eigenvalue weighted by atomic mass is 9.86. The van der Waals surface area contributed by atoms with Gasteiger partial charge in [0, 0.05) is 11.5 Å². The lowest BCUT2D eigenvalue weighted by molar-refractivity contribution is 0.131. The van der Waals surface area contributed by atoms with Crippen molar-refractivity contribution in [3.8, 4) is 11.5 Å². The van der Waals surface area contributed by atoms with E-state index in [4.69, 9.17) is 0 Å². The van der Waals surface area contributed by atoms with Gasteiger partial charge in [0.2, 0.25) is 0 Å². The highest BCUT2D eigenvalue weighted by Gasteiger charge is 2.23. The highest BCUT2D eigenvalue weighted by atomic mass is 16.3. The lowest BCUT2D eigenvalue weighted by Crippen LogP contribution is -2.17. The van der Waals surface area contributed by atoms with Gasteiger partial charge in [0.1, 0.15) is 0 Å². The number of benzene rings is 1. The molecule has 0 fully saturated rings. The van der Waals surface area contributed by atoms with Crippen LogP contribution in [0.1, 0.15) is 96.0 Å². The Balaban J connectivity index is 2.38. The van der Waals surface area contributed by atoms with Gasteiger partial charge in [-0.15, -0.1) is 0 Å². The van der Waals surface area contributed by atoms with Crippen molar-refractivity contribution in [2.45, 2.75) is 96.5 Å². The molecule has 0 amide bonds. The Morgan fingerprint density at radius 1 is 0.833 bits per heavy atom. The third-order valence-corrected chi connectivity index (χ3v) is 4.95. The Morgan fingerprint density at radius 3 is 2.00 bits per heavy atom. The number of hydrogen-bond acceptors (Lipinski definition) is 3. The summed E-state index contributed by atoms with van der Waals surface area (Å²) in [7, 11) is 0. The van der Waals surface area contributed by atoms with Crippen molar-refractivity contribution in [2.75, 3.05) is 0 Å². The van der Waals surface area contributed by atoms with Crippen molar-refractivity contribution in [3.05, 3.63) is 23.8 Å². The number of phenols is 2. The van der Waals surface area contributed by atoms with Crippen LogP contribution in [0.25, 0.3) is 0 Å². The molecule has 0 saturated heterocycles. The van der Waals surface area contributed by atoms with Gasteiger partial charge >= 0.3 is 0 Å². The summed E-state index contributed by atoms with van der Waals surface area (Å²) in [6, 6.07) is 5.02. The maximum absolute atomic E-state index is 10.3. The smallest absolute Gasteiger partial charge is 0.161 e. The first kappa shape index (κ1) is 20.8. The molecule has 0 heterocycles. The van der Waals surface area contributed by atoms with E-state index >= 15 is 0 Å². The van der Waals surface area contributed by atoms with Crippen LogP contribution < -0.4 is 0 Å². The largest absolute Gasteiger partial charge is 0.504 e. The summed E-state index contributed by atoms with van der Waals surface area (Å²) in [6.07, 6.45) is 12.5. The quantitative estimate of drug-likeness (QED) is 0.312. The molecule has 24 heavy (non-hydrogen) atoms. The van der Waals surface area contributed by atoms with Crippen LogP contribution in [0.5, 0.6) is 11.5 Å². The van der Waals surface area contributed by atoms with Crippen molar-refractivity contribution in [3.63, 3.8) is 0 Å². The van der Waals surface area contributed by atoms with Gasteiger partial charge in [0.25, 0.3) is 0 Å². The zero-order valence-electron chi connectivity index (χ0n) is 15.5. The minimum Gasteiger partial charge on any atom is -0.504 e. The lowest BCUT2D eigenvalue weighted by Gasteiger charge is -2.23. The molecule has 3 heteroatoms. The summed E-state index contributed by atoms with van der Waals surface area (Å²) < 4.78 is 0. The van der Waals surface area contributed by atoms with Crippen LogP contribution in [0, 0.1) is 0 Å². The van der Waals surface area contributed by atoms with Crippen LogP contribution >= 0.6 is 0 Å². The van der Waals surface area contributed by atoms with Crippen LogP contribution in [0.4, 0.5) is 0 Å². The molecule has 2 atom stereocenters. The summed E-state index contributed by atoms with van der Waals surface area (Å²) in [5, 5.41) is 30.1. The van der Waals surface area contributed by atoms with E-state index in [1.165, 1.54) is 57.4 Å². The molecule has 1 aromatic carbocycles. The fourth-order valence-corrected chi connectivity index (χ4v) is 3.36. The predicted octanol–water partition coefficient (Wildman–Crippen LogP) is 5.87. The van der Waals surface area contributed by atoms with E-state index in [0.717, 1.165) is 12.8 Å². The first-order valence-electron chi connectivity index (χ1n) is 9.80. The Bertz CT molecular complexity index is 445. The van der Waals surface area contributed by atoms with Gasteiger partial charge in [-0.05, 0) is 18.9 Å². The van der Waals surface area contributed by atoms with E-state index in [0.29, 0.717) is 12.0 Å². The fourth-order valence-electron chi connectivity index (χ4n) is 3.36. The predicted molar refractivity (Wildman–Crippen MR) is 101 cm³/mol. The number of aliphatic hydroxyl groups excluding tert-OH is 1. The zero-order valence-corrected chi connectivity index (χ0v) is 15.5. The highest BCUT2D eigenvalue weighted by Crippen LogP contribution is 2.38. The minimum atomic E-state index is -0.480. The van der Waals surface area contributed by atoms with Crippen LogP contribution in [-0.4, -0.2) is 21.4 Å². The van der Waals surface area contributed by atoms with E-state index in [1.54, 1.807) is 6.07 Å². The zero-order chi connectivity index (χ0) is 17.8. The van der Waals surface area contributed by atoms with Crippen LogP contribution in [0.15, 0.2) is 18.2 Å². The molecule has 3 nitrogen and oxygen atoms in total. The number of rotatable bonds is 13. The molecule has 1 aromatic rings. The van der Waals surface area contributed by atoms with Crippen molar-refractivity contribution in [2.24, 2.45) is 0 Å². The van der Waals surface area contributed by atoms with E-state index in [2.05, 4.69) is 6.92 Å². The number of aromatic hydroxyl groups is 2. The van der Waals surface area contributed by atoms with Gasteiger partial charge in [-0.1, -0.05) is 83.8 Å². The van der Waals surface area contributed by atoms with Gasteiger partial charge in [-0.2, -0.15) is 0 Å². The summed E-state index contributed by atoms with van der Waals surface area (Å²) in [5.41, 5.74) is 0.670. The second-order valence-corrected chi connectivity index (χ2v) is 6.91. The van der Waals surface area contributed by atoms with E-state index < -0.39 is 6.10 Å². The SMILES string of the molecule is CCCCCCCCCCCC(c1cccc(O)c1O)C(O)CC. The van der Waals surface area contributed by atoms with E-state index in [1.807, 2.05) is 13.0 Å². The van der Waals surface area contributed by atoms with Crippen LogP contribution in [0.2, 0.25) is 0 Å². The standard InChI is InChI=1S/C21H36O3/c1-3-5-6-7-8-9-10-11-12-14-17(19(22)4-2)18-15-13-16-20(23)21(18)24/h13,15-17,19,22-24H,3-12,14H2,1-2H3. The third kappa shape index (κ3) is 7.12. The molecule has 0 bridgehead atoms. The molecule has 0 spiro atoms. The molecule has 0 aromatic heterocycles. The van der Waals surface area contributed by atoms with Crippen molar-refractivity contribution >= 4 is 0 Å². The highest BCUT2D eigenvalue weighted by molar-refractivity contribution is 5.46. The molecule has 0 aliphatic heterocycles. The Morgan fingerprint density at radius 2 is 1.42 bits per heavy atom. The summed E-state index contributed by atoms with van der Waals surface area (Å²) >= 11 is 0. The molecule has 0 radical (unpaired) electrons. The molecular formula is C21H36O3. The summed E-state index contributed by atoms with van der Waals surface area (Å²) in [4.78, 5) is 0. The van der Waals surface area contributed by atoms with Crippen molar-refractivity contribution in [1.82, 2.24) is 0 Å². The van der Waals surface area contributed by atoms with E-state index in [-0.39, 0.29) is 17.4 Å². The maximum Gasteiger partial charge on any atom is 0.161 e. The number of unbranched alkanes of at least 4 members (excludes halogenated alkanes) is 8. The van der Waals surface area contributed by atoms with Gasteiger partial charge in [-0.25, -0.2) is 0 Å². The van der Waals surface area contributed by atoms with Crippen LogP contribution in [-0.2, 0) is 0 Å². The Kier molecular flexibility index (Phi) is 10.6. The molecule has 0 aliphatic carbocycles. The Hall–Kier alpha value is -1.22. The fraction of sp³-hybridized carbons (Fsp3) is 0.714. The maximum atomic E-state index is 10.3. The van der Waals surface area contributed by atoms with Gasteiger partial charge in [0.15, 0.2) is 11.5 Å². The average molecular weight is 337 g/mol. The Labute approximate surface area is 147 Å². The van der Waals surface area contributed by atoms with Gasteiger partial charge in [0.05, 0.1) is 6.10 Å². The monoisotopic (exact) mass is 336 g/mol. The number of phenolic OH excluding ortho intramolecular Hbond substituents is 2. The third-order valence-electron chi connectivity index (χ3n) is 4.95. The molecule has 0 saturated carbocycles. The van der Waals surface area contributed by atoms with Gasteiger partial charge < -0.3 is 15.3 Å². The van der Waals surface area contributed by atoms with Crippen LogP contribution in [0.3, 0.4) is 0 Å². The molecule has 3 N–H and O–H groups in total. The first-order valence-corrected chi connectivity index (χ1v) is 9.80. The minimum absolute atomic E-state index is 0.0778. The molecule has 2 unspecified atom stereocenters. The topological polar surface area (TPSA) is 60.7 Å². The first-order chi connectivity index (χ1) is 11.6. The van der Waals surface area contributed by atoms with Crippen molar-refractivity contribution in [1.29, 1.82) is 0 Å². The average Bonchev–Trinajstić information content (AvgIpc) is 2.59.